The Morgan fingerprint density at radius 2 is 1.90 bits per heavy atom. The molecule has 0 spiro atoms. The van der Waals surface area contributed by atoms with Crippen LogP contribution in [0.4, 0.5) is 0 Å². The van der Waals surface area contributed by atoms with Gasteiger partial charge >= 0.3 is 0 Å². The van der Waals surface area contributed by atoms with E-state index in [1.54, 1.807) is 12.1 Å². The lowest BCUT2D eigenvalue weighted by atomic mass is 9.63. The van der Waals surface area contributed by atoms with Crippen LogP contribution in [0.2, 0.25) is 5.02 Å². The second kappa shape index (κ2) is 7.92. The van der Waals surface area contributed by atoms with Crippen LogP contribution in [-0.2, 0) is 12.5 Å². The highest BCUT2D eigenvalue weighted by atomic mass is 35.5. The first-order valence-corrected chi connectivity index (χ1v) is 11.3. The molecule has 1 atom stereocenters. The number of aromatic nitrogens is 3. The first-order chi connectivity index (χ1) is 13.8. The van der Waals surface area contributed by atoms with E-state index >= 15 is 0 Å². The number of rotatable bonds is 6. The summed E-state index contributed by atoms with van der Waals surface area (Å²) < 4.78 is 2.12. The van der Waals surface area contributed by atoms with Gasteiger partial charge in [-0.1, -0.05) is 24.4 Å². The van der Waals surface area contributed by atoms with Crippen molar-refractivity contribution < 1.29 is 10.2 Å². The number of fused-ring (bicyclic) bond motifs is 4. The number of phenols is 1. The van der Waals surface area contributed by atoms with Crippen LogP contribution in [-0.4, -0.2) is 31.1 Å². The minimum Gasteiger partial charge on any atom is -0.508 e. The van der Waals surface area contributed by atoms with Crippen molar-refractivity contribution in [1.82, 2.24) is 14.8 Å². The molecule has 0 radical (unpaired) electrons. The lowest BCUT2D eigenvalue weighted by Crippen LogP contribution is -2.36. The Hall–Kier alpha value is -1.59. The monoisotopic (exact) mass is 417 g/mol. The molecule has 2 aromatic rings. The van der Waals surface area contributed by atoms with Gasteiger partial charge in [-0.2, -0.15) is 0 Å². The molecular formula is C23H32ClN3O2. The van der Waals surface area contributed by atoms with Crippen LogP contribution < -0.4 is 0 Å². The first-order valence-electron chi connectivity index (χ1n) is 10.9. The van der Waals surface area contributed by atoms with Crippen LogP contribution >= 0.6 is 11.6 Å². The lowest BCUT2D eigenvalue weighted by Gasteiger charge is -2.42. The first kappa shape index (κ1) is 20.7. The minimum atomic E-state index is -0.191. The third-order valence-electron chi connectivity index (χ3n) is 7.50. The Morgan fingerprint density at radius 3 is 2.59 bits per heavy atom. The lowest BCUT2D eigenvalue weighted by molar-refractivity contribution is 0.117. The van der Waals surface area contributed by atoms with E-state index in [1.807, 2.05) is 20.0 Å². The average molecular weight is 418 g/mol. The summed E-state index contributed by atoms with van der Waals surface area (Å²) in [5.41, 5.74) is 1.36. The van der Waals surface area contributed by atoms with Gasteiger partial charge in [0.25, 0.3) is 0 Å². The van der Waals surface area contributed by atoms with Crippen LogP contribution in [0, 0.1) is 5.41 Å². The van der Waals surface area contributed by atoms with Crippen molar-refractivity contribution in [2.24, 2.45) is 12.5 Å². The molecule has 0 amide bonds. The number of aliphatic hydroxyl groups is 1. The quantitative estimate of drug-likeness (QED) is 0.662. The summed E-state index contributed by atoms with van der Waals surface area (Å²) in [6.45, 7) is 1.89. The van der Waals surface area contributed by atoms with Gasteiger partial charge in [0.05, 0.1) is 11.1 Å². The number of halogens is 1. The van der Waals surface area contributed by atoms with Crippen LogP contribution in [0.15, 0.2) is 18.2 Å². The molecule has 158 valence electrons. The smallest absolute Gasteiger partial charge is 0.165 e. The van der Waals surface area contributed by atoms with E-state index in [-0.39, 0.29) is 17.3 Å². The Balaban J connectivity index is 1.56. The van der Waals surface area contributed by atoms with Crippen molar-refractivity contribution in [3.63, 3.8) is 0 Å². The van der Waals surface area contributed by atoms with Gasteiger partial charge in [-0.05, 0) is 81.9 Å². The van der Waals surface area contributed by atoms with Crippen molar-refractivity contribution in [2.45, 2.75) is 82.7 Å². The second-order valence-corrected chi connectivity index (χ2v) is 9.85. The SMILES string of the molecule is CC(O)CCCC12CCCC(c3nnc(-c4ccc(O)cc4Cl)n3C)(CC1)CC2. The fourth-order valence-corrected chi connectivity index (χ4v) is 6.01. The summed E-state index contributed by atoms with van der Waals surface area (Å²) in [6, 6.07) is 5.00. The Bertz CT molecular complexity index is 869. The number of hydrogen-bond acceptors (Lipinski definition) is 4. The number of nitrogens with zero attached hydrogens (tertiary/aromatic N) is 3. The minimum absolute atomic E-state index is 0.105. The summed E-state index contributed by atoms with van der Waals surface area (Å²) in [4.78, 5) is 0. The zero-order chi connectivity index (χ0) is 20.6. The number of hydrogen-bond donors (Lipinski definition) is 2. The molecule has 2 N–H and O–H groups in total. The molecule has 3 aliphatic carbocycles. The van der Waals surface area contributed by atoms with E-state index in [1.165, 1.54) is 38.5 Å². The topological polar surface area (TPSA) is 71.2 Å². The zero-order valence-corrected chi connectivity index (χ0v) is 18.3. The predicted molar refractivity (Wildman–Crippen MR) is 115 cm³/mol. The van der Waals surface area contributed by atoms with Crippen molar-refractivity contribution in [2.75, 3.05) is 0 Å². The third-order valence-corrected chi connectivity index (χ3v) is 7.81. The van der Waals surface area contributed by atoms with Crippen molar-refractivity contribution in [3.8, 4) is 17.1 Å². The normalized spacial score (nSPS) is 27.7. The van der Waals surface area contributed by atoms with Crippen molar-refractivity contribution >= 4 is 11.6 Å². The second-order valence-electron chi connectivity index (χ2n) is 9.45. The maximum atomic E-state index is 9.65. The summed E-state index contributed by atoms with van der Waals surface area (Å²) in [6.07, 6.45) is 11.6. The van der Waals surface area contributed by atoms with E-state index < -0.39 is 0 Å². The van der Waals surface area contributed by atoms with Crippen LogP contribution in [0.5, 0.6) is 5.75 Å². The van der Waals surface area contributed by atoms with E-state index in [2.05, 4.69) is 14.8 Å². The van der Waals surface area contributed by atoms with Gasteiger partial charge in [-0.3, -0.25) is 0 Å². The molecule has 3 fully saturated rings. The predicted octanol–water partition coefficient (Wildman–Crippen LogP) is 5.37. The highest BCUT2D eigenvalue weighted by Crippen LogP contribution is 2.56. The molecule has 2 bridgehead atoms. The molecule has 1 heterocycles. The number of benzene rings is 1. The van der Waals surface area contributed by atoms with Gasteiger partial charge in [-0.25, -0.2) is 0 Å². The van der Waals surface area contributed by atoms with Gasteiger partial charge < -0.3 is 14.8 Å². The van der Waals surface area contributed by atoms with Gasteiger partial charge in [0.15, 0.2) is 5.82 Å². The van der Waals surface area contributed by atoms with Crippen LogP contribution in [0.1, 0.15) is 77.0 Å². The Kier molecular flexibility index (Phi) is 5.64. The molecule has 5 rings (SSSR count). The number of phenolic OH excluding ortho intramolecular Hbond substituents is 1. The summed E-state index contributed by atoms with van der Waals surface area (Å²) >= 11 is 6.36. The standard InChI is InChI=1S/C23H32ClN3O2/c1-16(28)5-3-8-22-9-4-10-23(13-11-22,14-12-22)21-26-25-20(27(21)2)18-7-6-17(29)15-19(18)24/h6-7,15-16,28-29H,3-5,8-14H2,1-2H3. The van der Waals surface area contributed by atoms with Gasteiger partial charge in [0.2, 0.25) is 0 Å². The molecule has 5 nitrogen and oxygen atoms in total. The summed E-state index contributed by atoms with van der Waals surface area (Å²) in [5.74, 6) is 2.00. The fraction of sp³-hybridized carbons (Fsp3) is 0.652. The maximum Gasteiger partial charge on any atom is 0.165 e. The largest absolute Gasteiger partial charge is 0.508 e. The summed E-state index contributed by atoms with van der Waals surface area (Å²) in [7, 11) is 2.04. The number of aromatic hydroxyl groups is 1. The molecule has 29 heavy (non-hydrogen) atoms. The molecular weight excluding hydrogens is 386 g/mol. The van der Waals surface area contributed by atoms with Crippen molar-refractivity contribution in [3.05, 3.63) is 29.0 Å². The summed E-state index contributed by atoms with van der Waals surface area (Å²) in [5, 5.41) is 28.9. The number of aliphatic hydroxyl groups excluding tert-OH is 1. The van der Waals surface area contributed by atoms with Gasteiger partial charge in [0, 0.05) is 18.0 Å². The van der Waals surface area contributed by atoms with Gasteiger partial charge in [-0.15, -0.1) is 10.2 Å². The third kappa shape index (κ3) is 3.91. The fourth-order valence-electron chi connectivity index (χ4n) is 5.75. The van der Waals surface area contributed by atoms with E-state index in [0.717, 1.165) is 42.9 Å². The Labute approximate surface area is 178 Å². The molecule has 0 aliphatic heterocycles. The van der Waals surface area contributed by atoms with Crippen LogP contribution in [0.3, 0.4) is 0 Å². The highest BCUT2D eigenvalue weighted by Gasteiger charge is 2.48. The molecule has 3 saturated carbocycles. The molecule has 1 unspecified atom stereocenters. The molecule has 0 saturated heterocycles. The molecule has 6 heteroatoms. The molecule has 1 aromatic heterocycles. The molecule has 1 aromatic carbocycles. The van der Waals surface area contributed by atoms with E-state index in [0.29, 0.717) is 10.4 Å². The van der Waals surface area contributed by atoms with Crippen LogP contribution in [0.25, 0.3) is 11.4 Å². The average Bonchev–Trinajstić information content (AvgIpc) is 2.86. The Morgan fingerprint density at radius 1 is 1.14 bits per heavy atom. The molecule has 3 aliphatic rings. The van der Waals surface area contributed by atoms with E-state index in [4.69, 9.17) is 11.6 Å². The van der Waals surface area contributed by atoms with Crippen molar-refractivity contribution in [1.29, 1.82) is 0 Å². The maximum absolute atomic E-state index is 9.65. The van der Waals surface area contributed by atoms with Gasteiger partial charge in [0.1, 0.15) is 11.6 Å². The van der Waals surface area contributed by atoms with E-state index in [9.17, 15) is 10.2 Å². The highest BCUT2D eigenvalue weighted by molar-refractivity contribution is 6.33. The zero-order valence-electron chi connectivity index (χ0n) is 17.5.